The van der Waals surface area contributed by atoms with Crippen LogP contribution in [0.1, 0.15) is 0 Å². The van der Waals surface area contributed by atoms with E-state index in [2.05, 4.69) is 15.9 Å². The quantitative estimate of drug-likeness (QED) is 0.606. The van der Waals surface area contributed by atoms with Gasteiger partial charge in [0.25, 0.3) is 0 Å². The number of ether oxygens (including phenoxy) is 2. The van der Waals surface area contributed by atoms with Crippen LogP contribution in [0.25, 0.3) is 0 Å². The summed E-state index contributed by atoms with van der Waals surface area (Å²) in [7, 11) is 3.33. The summed E-state index contributed by atoms with van der Waals surface area (Å²) in [4.78, 5) is 0. The Labute approximate surface area is 58.3 Å². The van der Waals surface area contributed by atoms with Gasteiger partial charge in [-0.1, -0.05) is 15.9 Å². The summed E-state index contributed by atoms with van der Waals surface area (Å²) in [5.74, 6) is 0. The number of halogens is 1. The molecule has 0 spiro atoms. The molecule has 0 aromatic carbocycles. The summed E-state index contributed by atoms with van der Waals surface area (Å²) in [6, 6.07) is 0. The van der Waals surface area contributed by atoms with Crippen molar-refractivity contribution in [2.24, 2.45) is 0 Å². The highest BCUT2D eigenvalue weighted by Gasteiger charge is 2.01. The highest BCUT2D eigenvalue weighted by atomic mass is 79.9. The van der Waals surface area contributed by atoms with E-state index in [1.807, 2.05) is 0 Å². The fraction of sp³-hybridized carbons (Fsp3) is 1.00. The van der Waals surface area contributed by atoms with Crippen molar-refractivity contribution in [1.82, 2.24) is 0 Å². The van der Waals surface area contributed by atoms with Crippen LogP contribution in [0.15, 0.2) is 0 Å². The zero-order valence-corrected chi connectivity index (χ0v) is 6.77. The molecule has 0 amide bonds. The highest BCUT2D eigenvalue weighted by molar-refractivity contribution is 9.09. The smallest absolute Gasteiger partial charge is 0.0901 e. The number of hydrogen-bond donors (Lipinski definition) is 0. The van der Waals surface area contributed by atoms with Crippen LogP contribution in [0, 0.1) is 0 Å². The van der Waals surface area contributed by atoms with Crippen LogP contribution in [-0.2, 0) is 9.47 Å². The van der Waals surface area contributed by atoms with Crippen LogP contribution in [0.3, 0.4) is 0 Å². The first-order valence-electron chi connectivity index (χ1n) is 2.42. The molecule has 0 aliphatic rings. The maximum Gasteiger partial charge on any atom is 0.0901 e. The summed E-state index contributed by atoms with van der Waals surface area (Å²) in [5, 5.41) is 0.831. The Morgan fingerprint density at radius 1 is 1.50 bits per heavy atom. The van der Waals surface area contributed by atoms with Crippen molar-refractivity contribution in [3.8, 4) is 0 Å². The van der Waals surface area contributed by atoms with Gasteiger partial charge in [0.15, 0.2) is 0 Å². The normalized spacial score (nSPS) is 13.9. The van der Waals surface area contributed by atoms with Crippen LogP contribution < -0.4 is 0 Å². The van der Waals surface area contributed by atoms with E-state index in [9.17, 15) is 0 Å². The largest absolute Gasteiger partial charge is 0.382 e. The van der Waals surface area contributed by atoms with Crippen molar-refractivity contribution >= 4 is 15.9 Å². The van der Waals surface area contributed by atoms with Gasteiger partial charge in [-0.2, -0.15) is 0 Å². The van der Waals surface area contributed by atoms with E-state index in [1.165, 1.54) is 0 Å². The zero-order valence-electron chi connectivity index (χ0n) is 5.19. The molecule has 50 valence electrons. The predicted molar refractivity (Wildman–Crippen MR) is 36.5 cm³/mol. The Balaban J connectivity index is 3.07. The molecule has 8 heavy (non-hydrogen) atoms. The molecule has 0 N–H and O–H groups in total. The first-order chi connectivity index (χ1) is 3.85. The minimum absolute atomic E-state index is 0.194. The molecule has 0 aromatic heterocycles. The van der Waals surface area contributed by atoms with E-state index in [0.717, 1.165) is 5.33 Å². The van der Waals surface area contributed by atoms with E-state index in [0.29, 0.717) is 6.61 Å². The van der Waals surface area contributed by atoms with Crippen LogP contribution in [0.5, 0.6) is 0 Å². The summed E-state index contributed by atoms with van der Waals surface area (Å²) < 4.78 is 9.80. The fourth-order valence-electron chi connectivity index (χ4n) is 0.361. The van der Waals surface area contributed by atoms with Crippen molar-refractivity contribution in [2.45, 2.75) is 6.10 Å². The van der Waals surface area contributed by atoms with Gasteiger partial charge < -0.3 is 9.47 Å². The molecular formula is C5H11BrO2. The molecule has 0 unspecified atom stereocenters. The average molecular weight is 183 g/mol. The van der Waals surface area contributed by atoms with Gasteiger partial charge in [0.1, 0.15) is 0 Å². The Hall–Kier alpha value is 0.400. The molecular weight excluding hydrogens is 172 g/mol. The Morgan fingerprint density at radius 3 is 2.25 bits per heavy atom. The van der Waals surface area contributed by atoms with E-state index in [1.54, 1.807) is 14.2 Å². The standard InChI is InChI=1S/C5H11BrO2/c1-7-4-5(3-6)8-2/h5H,3-4H2,1-2H3/t5-/m0/s1. The molecule has 0 rings (SSSR count). The molecule has 0 aromatic rings. The average Bonchev–Trinajstić information content (AvgIpc) is 1.83. The van der Waals surface area contributed by atoms with Crippen LogP contribution in [-0.4, -0.2) is 32.3 Å². The van der Waals surface area contributed by atoms with E-state index < -0.39 is 0 Å². The van der Waals surface area contributed by atoms with Crippen LogP contribution in [0.2, 0.25) is 0 Å². The molecule has 0 aliphatic carbocycles. The lowest BCUT2D eigenvalue weighted by atomic mass is 10.4. The highest BCUT2D eigenvalue weighted by Crippen LogP contribution is 1.94. The first-order valence-corrected chi connectivity index (χ1v) is 3.55. The van der Waals surface area contributed by atoms with Gasteiger partial charge in [0.05, 0.1) is 12.7 Å². The van der Waals surface area contributed by atoms with Crippen molar-refractivity contribution in [1.29, 1.82) is 0 Å². The molecule has 0 aliphatic heterocycles. The number of methoxy groups -OCH3 is 2. The van der Waals surface area contributed by atoms with Crippen molar-refractivity contribution in [3.05, 3.63) is 0 Å². The molecule has 0 heterocycles. The molecule has 0 radical (unpaired) electrons. The Bertz CT molecular complexity index is 45.7. The summed E-state index contributed by atoms with van der Waals surface area (Å²) in [5.41, 5.74) is 0. The third kappa shape index (κ3) is 3.41. The van der Waals surface area contributed by atoms with Gasteiger partial charge in [0.2, 0.25) is 0 Å². The minimum Gasteiger partial charge on any atom is -0.382 e. The lowest BCUT2D eigenvalue weighted by Crippen LogP contribution is -2.18. The lowest BCUT2D eigenvalue weighted by molar-refractivity contribution is 0.0437. The van der Waals surface area contributed by atoms with Crippen molar-refractivity contribution in [2.75, 3.05) is 26.2 Å². The van der Waals surface area contributed by atoms with E-state index in [-0.39, 0.29) is 6.10 Å². The van der Waals surface area contributed by atoms with Crippen LogP contribution >= 0.6 is 15.9 Å². The summed E-state index contributed by atoms with van der Waals surface area (Å²) >= 11 is 3.27. The maximum absolute atomic E-state index is 4.97. The summed E-state index contributed by atoms with van der Waals surface area (Å²) in [6.07, 6.45) is 0.194. The van der Waals surface area contributed by atoms with Gasteiger partial charge in [-0.25, -0.2) is 0 Å². The Kier molecular flexibility index (Phi) is 5.81. The number of alkyl halides is 1. The van der Waals surface area contributed by atoms with Gasteiger partial charge in [-0.3, -0.25) is 0 Å². The second kappa shape index (κ2) is 5.54. The Morgan fingerprint density at radius 2 is 2.12 bits per heavy atom. The second-order valence-corrected chi connectivity index (χ2v) is 2.11. The molecule has 0 bridgehead atoms. The van der Waals surface area contributed by atoms with Crippen LogP contribution in [0.4, 0.5) is 0 Å². The number of hydrogen-bond acceptors (Lipinski definition) is 2. The molecule has 0 saturated heterocycles. The molecule has 3 heteroatoms. The zero-order chi connectivity index (χ0) is 6.41. The van der Waals surface area contributed by atoms with E-state index >= 15 is 0 Å². The first kappa shape index (κ1) is 8.40. The van der Waals surface area contributed by atoms with Gasteiger partial charge >= 0.3 is 0 Å². The second-order valence-electron chi connectivity index (χ2n) is 1.47. The number of rotatable bonds is 4. The van der Waals surface area contributed by atoms with Gasteiger partial charge in [0, 0.05) is 19.5 Å². The van der Waals surface area contributed by atoms with Crippen molar-refractivity contribution in [3.63, 3.8) is 0 Å². The SMILES string of the molecule is COC[C@H](CBr)OC. The van der Waals surface area contributed by atoms with Gasteiger partial charge in [-0.05, 0) is 0 Å². The molecule has 0 saturated carbocycles. The summed E-state index contributed by atoms with van der Waals surface area (Å²) in [6.45, 7) is 0.655. The topological polar surface area (TPSA) is 18.5 Å². The third-order valence-corrected chi connectivity index (χ3v) is 1.58. The molecule has 0 fully saturated rings. The fourth-order valence-corrected chi connectivity index (χ4v) is 0.813. The monoisotopic (exact) mass is 182 g/mol. The van der Waals surface area contributed by atoms with Crippen molar-refractivity contribution < 1.29 is 9.47 Å². The predicted octanol–water partition coefficient (Wildman–Crippen LogP) is 1.04. The third-order valence-electron chi connectivity index (χ3n) is 0.858. The molecule has 1 atom stereocenters. The molecule has 2 nitrogen and oxygen atoms in total. The minimum atomic E-state index is 0.194. The van der Waals surface area contributed by atoms with E-state index in [4.69, 9.17) is 9.47 Å². The lowest BCUT2D eigenvalue weighted by Gasteiger charge is -2.08. The van der Waals surface area contributed by atoms with Gasteiger partial charge in [-0.15, -0.1) is 0 Å². The maximum atomic E-state index is 4.97.